The van der Waals surface area contributed by atoms with Crippen LogP contribution in [0.3, 0.4) is 0 Å². The molecule has 48 heavy (non-hydrogen) atoms. The lowest BCUT2D eigenvalue weighted by Gasteiger charge is -2.50. The van der Waals surface area contributed by atoms with Crippen LogP contribution in [0.4, 0.5) is 0 Å². The number of sulfonamides is 1. The Hall–Kier alpha value is -2.23. The van der Waals surface area contributed by atoms with Crippen molar-refractivity contribution < 1.29 is 22.3 Å². The van der Waals surface area contributed by atoms with Crippen LogP contribution in [0, 0.1) is 6.92 Å². The van der Waals surface area contributed by atoms with Gasteiger partial charge in [0.25, 0.3) is 0 Å². The van der Waals surface area contributed by atoms with E-state index in [2.05, 4.69) is 71.1 Å². The fourth-order valence-corrected chi connectivity index (χ4v) is 9.70. The van der Waals surface area contributed by atoms with Crippen LogP contribution in [0.15, 0.2) is 77.2 Å². The summed E-state index contributed by atoms with van der Waals surface area (Å²) >= 11 is 0. The van der Waals surface area contributed by atoms with Gasteiger partial charge < -0.3 is 13.9 Å². The number of methoxy groups -OCH3 is 1. The first kappa shape index (κ1) is 38.6. The van der Waals surface area contributed by atoms with Gasteiger partial charge in [0.15, 0.2) is 8.32 Å². The lowest BCUT2D eigenvalue weighted by Crippen LogP contribution is -2.59. The van der Waals surface area contributed by atoms with Crippen molar-refractivity contribution in [3.05, 3.63) is 83.5 Å². The maximum absolute atomic E-state index is 14.7. The van der Waals surface area contributed by atoms with E-state index < -0.39 is 23.9 Å². The number of rotatable bonds is 16. The number of hydrogen-bond acceptors (Lipinski definition) is 5. The molecule has 4 rings (SSSR count). The first-order valence-corrected chi connectivity index (χ1v) is 22.5. The third-order valence-electron chi connectivity index (χ3n) is 10.7. The zero-order valence-electron chi connectivity index (χ0n) is 30.9. The molecule has 0 N–H and O–H groups in total. The average Bonchev–Trinajstić information content (AvgIpc) is 3.05. The topological polar surface area (TPSA) is 65.1 Å². The van der Waals surface area contributed by atoms with Gasteiger partial charge >= 0.3 is 0 Å². The molecule has 0 saturated heterocycles. The summed E-state index contributed by atoms with van der Waals surface area (Å²) in [5.41, 5.74) is 2.65. The smallest absolute Gasteiger partial charge is 0.244 e. The monoisotopic (exact) mass is 695 g/mol. The van der Waals surface area contributed by atoms with Crippen molar-refractivity contribution in [2.24, 2.45) is 0 Å². The van der Waals surface area contributed by atoms with Crippen LogP contribution in [-0.4, -0.2) is 52.4 Å². The summed E-state index contributed by atoms with van der Waals surface area (Å²) in [6, 6.07) is 15.4. The molecule has 1 aliphatic heterocycles. The summed E-state index contributed by atoms with van der Waals surface area (Å²) in [5, 5.41) is 0.0184. The van der Waals surface area contributed by atoms with E-state index in [1.54, 1.807) is 23.5 Å². The molecule has 2 aromatic rings. The van der Waals surface area contributed by atoms with Crippen LogP contribution in [0.25, 0.3) is 0 Å². The number of nitrogens with zero attached hydrogens (tertiary/aromatic N) is 1. The van der Waals surface area contributed by atoms with Gasteiger partial charge in [-0.15, -0.1) is 0 Å². The van der Waals surface area contributed by atoms with Gasteiger partial charge in [0.05, 0.1) is 36.4 Å². The van der Waals surface area contributed by atoms with E-state index in [0.717, 1.165) is 61.8 Å². The van der Waals surface area contributed by atoms with Crippen molar-refractivity contribution >= 4 is 18.3 Å². The van der Waals surface area contributed by atoms with Gasteiger partial charge in [-0.05, 0) is 99.0 Å². The summed E-state index contributed by atoms with van der Waals surface area (Å²) in [4.78, 5) is 0.343. The van der Waals surface area contributed by atoms with Crippen LogP contribution in [-0.2, 0) is 25.8 Å². The summed E-state index contributed by atoms with van der Waals surface area (Å²) in [6.07, 6.45) is 16.5. The second-order valence-electron chi connectivity index (χ2n) is 15.3. The zero-order valence-corrected chi connectivity index (χ0v) is 32.7. The minimum Gasteiger partial charge on any atom is -0.497 e. The average molecular weight is 696 g/mol. The molecule has 8 heteroatoms. The Morgan fingerprint density at radius 1 is 1.00 bits per heavy atom. The molecule has 2 aliphatic rings. The number of benzene rings is 2. The molecule has 6 nitrogen and oxygen atoms in total. The number of allylic oxidation sites excluding steroid dienone is 1. The molecule has 0 unspecified atom stereocenters. The van der Waals surface area contributed by atoms with Gasteiger partial charge in [-0.2, -0.15) is 4.31 Å². The molecule has 3 atom stereocenters. The van der Waals surface area contributed by atoms with Crippen molar-refractivity contribution in [1.29, 1.82) is 0 Å². The first-order chi connectivity index (χ1) is 22.7. The van der Waals surface area contributed by atoms with Gasteiger partial charge in [0, 0.05) is 6.54 Å². The zero-order chi connectivity index (χ0) is 35.0. The minimum absolute atomic E-state index is 0.0184. The molecule has 1 spiro atoms. The Morgan fingerprint density at radius 3 is 2.35 bits per heavy atom. The SMILES string of the molecule is CCCCCC[C@@H](CCC1=CCCC[C@@]12C=C[C@H](O[Si](C)(C)C(C)(C)C)CN2S(=O)(=O)c1ccc(C)cc1)OCc1ccc(OC)cc1. The highest BCUT2D eigenvalue weighted by molar-refractivity contribution is 7.89. The van der Waals surface area contributed by atoms with E-state index in [1.165, 1.54) is 24.8 Å². The van der Waals surface area contributed by atoms with Crippen molar-refractivity contribution in [2.45, 2.75) is 146 Å². The van der Waals surface area contributed by atoms with Crippen molar-refractivity contribution in [2.75, 3.05) is 13.7 Å². The molecule has 1 heterocycles. The fraction of sp³-hybridized carbons (Fsp3) is 0.600. The van der Waals surface area contributed by atoms with E-state index in [9.17, 15) is 8.42 Å². The predicted octanol–water partition coefficient (Wildman–Crippen LogP) is 10.1. The number of aryl methyl sites for hydroxylation is 1. The Bertz CT molecular complexity index is 1480. The highest BCUT2D eigenvalue weighted by Gasteiger charge is 2.50. The largest absolute Gasteiger partial charge is 0.497 e. The molecule has 266 valence electrons. The summed E-state index contributed by atoms with van der Waals surface area (Å²) < 4.78 is 49.9. The Kier molecular flexibility index (Phi) is 13.4. The normalized spacial score (nSPS) is 21.3. The van der Waals surface area contributed by atoms with Gasteiger partial charge in [-0.25, -0.2) is 8.42 Å². The first-order valence-electron chi connectivity index (χ1n) is 18.1. The van der Waals surface area contributed by atoms with Gasteiger partial charge in [0.2, 0.25) is 10.0 Å². The van der Waals surface area contributed by atoms with Crippen LogP contribution in [0.1, 0.15) is 103 Å². The predicted molar refractivity (Wildman–Crippen MR) is 201 cm³/mol. The molecule has 0 bridgehead atoms. The molecule has 0 fully saturated rings. The molecule has 2 aromatic carbocycles. The van der Waals surface area contributed by atoms with Crippen LogP contribution < -0.4 is 4.74 Å². The molecule has 0 amide bonds. The number of ether oxygens (including phenoxy) is 2. The van der Waals surface area contributed by atoms with Crippen molar-refractivity contribution in [3.63, 3.8) is 0 Å². The van der Waals surface area contributed by atoms with E-state index in [0.29, 0.717) is 18.0 Å². The lowest BCUT2D eigenvalue weighted by molar-refractivity contribution is 0.0268. The highest BCUT2D eigenvalue weighted by atomic mass is 32.2. The summed E-state index contributed by atoms with van der Waals surface area (Å²) in [6.45, 7) is 16.2. The number of unbranched alkanes of at least 4 members (excludes halogenated alkanes) is 3. The molecule has 1 aliphatic carbocycles. The van der Waals surface area contributed by atoms with Crippen molar-refractivity contribution in [1.82, 2.24) is 4.31 Å². The van der Waals surface area contributed by atoms with Crippen LogP contribution in [0.5, 0.6) is 5.75 Å². The maximum atomic E-state index is 14.7. The van der Waals surface area contributed by atoms with E-state index in [1.807, 2.05) is 31.2 Å². The number of hydrogen-bond donors (Lipinski definition) is 0. The lowest BCUT2D eigenvalue weighted by atomic mass is 9.75. The molecule has 0 aromatic heterocycles. The Morgan fingerprint density at radius 2 is 1.71 bits per heavy atom. The van der Waals surface area contributed by atoms with E-state index in [-0.39, 0.29) is 17.2 Å². The third-order valence-corrected chi connectivity index (χ3v) is 17.1. The molecule has 0 saturated carbocycles. The van der Waals surface area contributed by atoms with Gasteiger partial charge in [-0.1, -0.05) is 101 Å². The van der Waals surface area contributed by atoms with Crippen LogP contribution in [0.2, 0.25) is 18.1 Å². The Labute approximate surface area is 293 Å². The summed E-state index contributed by atoms with van der Waals surface area (Å²) in [7, 11) is -4.29. The van der Waals surface area contributed by atoms with Gasteiger partial charge in [0.1, 0.15) is 5.75 Å². The van der Waals surface area contributed by atoms with Gasteiger partial charge in [-0.3, -0.25) is 0 Å². The van der Waals surface area contributed by atoms with Crippen molar-refractivity contribution in [3.8, 4) is 5.75 Å². The quantitative estimate of drug-likeness (QED) is 0.0994. The van der Waals surface area contributed by atoms with Crippen LogP contribution >= 0.6 is 0 Å². The highest BCUT2D eigenvalue weighted by Crippen LogP contribution is 2.45. The Balaban J connectivity index is 1.63. The maximum Gasteiger partial charge on any atom is 0.244 e. The molecular formula is C40H61NO5SSi. The van der Waals surface area contributed by atoms with E-state index >= 15 is 0 Å². The third kappa shape index (κ3) is 9.51. The standard InChI is InChI=1S/C40H61NO5SSi/c1-9-10-11-12-16-36(45-31-33-19-22-35(44-6)23-20-33)24-21-34-15-13-14-28-40(34)29-27-37(46-48(7,8)39(3,4)5)30-41(40)47(42,43)38-25-17-32(2)18-26-38/h15,17-20,22-23,25-27,29,36-37H,9-14,16,21,24,28,30-31H2,1-8H3/t36-,37-,40+/m0/s1. The summed E-state index contributed by atoms with van der Waals surface area (Å²) in [5.74, 6) is 0.840. The molecular weight excluding hydrogens is 635 g/mol. The second-order valence-corrected chi connectivity index (χ2v) is 22.0. The minimum atomic E-state index is -3.82. The second kappa shape index (κ2) is 16.6. The van der Waals surface area contributed by atoms with E-state index in [4.69, 9.17) is 13.9 Å². The fourth-order valence-electron chi connectivity index (χ4n) is 6.66. The molecule has 0 radical (unpaired) electrons.